The number of nitrogens with one attached hydrogen (secondary N) is 1. The lowest BCUT2D eigenvalue weighted by atomic mass is 10.1. The van der Waals surface area contributed by atoms with Crippen LogP contribution in [-0.4, -0.2) is 25.9 Å². The third-order valence-electron chi connectivity index (χ3n) is 4.38. The summed E-state index contributed by atoms with van der Waals surface area (Å²) in [6.07, 6.45) is 2.82. The second-order valence-electron chi connectivity index (χ2n) is 6.45. The Morgan fingerprint density at radius 3 is 2.83 bits per heavy atom. The molecule has 3 rings (SSSR count). The van der Waals surface area contributed by atoms with E-state index in [9.17, 15) is 10.1 Å². The predicted molar refractivity (Wildman–Crippen MR) is 112 cm³/mol. The topological polar surface area (TPSA) is 80.6 Å². The van der Waals surface area contributed by atoms with Gasteiger partial charge in [0.25, 0.3) is 5.91 Å². The molecule has 1 fully saturated rings. The van der Waals surface area contributed by atoms with Gasteiger partial charge in [-0.25, -0.2) is 0 Å². The Bertz CT molecular complexity index is 932. The molecule has 150 valence electrons. The van der Waals surface area contributed by atoms with E-state index in [-0.39, 0.29) is 11.8 Å². The van der Waals surface area contributed by atoms with Crippen molar-refractivity contribution < 1.29 is 19.0 Å². The smallest absolute Gasteiger partial charge is 0.263 e. The van der Waals surface area contributed by atoms with Crippen molar-refractivity contribution in [2.24, 2.45) is 0 Å². The summed E-state index contributed by atoms with van der Waals surface area (Å²) in [6.45, 7) is 1.00. The Labute approximate surface area is 178 Å². The van der Waals surface area contributed by atoms with Crippen LogP contribution in [0.25, 0.3) is 6.08 Å². The number of ether oxygens (including phenoxy) is 3. The second-order valence-corrected chi connectivity index (χ2v) is 7.31. The highest BCUT2D eigenvalue weighted by atomic mass is 79.9. The fourth-order valence-corrected chi connectivity index (χ4v) is 3.50. The first-order chi connectivity index (χ1) is 14.1. The van der Waals surface area contributed by atoms with E-state index in [4.69, 9.17) is 14.2 Å². The maximum Gasteiger partial charge on any atom is 0.263 e. The molecule has 1 saturated heterocycles. The molecule has 0 aromatic heterocycles. The van der Waals surface area contributed by atoms with Crippen LogP contribution in [-0.2, 0) is 16.1 Å². The first-order valence-electron chi connectivity index (χ1n) is 9.19. The molecule has 0 aliphatic carbocycles. The van der Waals surface area contributed by atoms with Crippen LogP contribution in [0, 0.1) is 11.3 Å². The zero-order chi connectivity index (χ0) is 20.6. The lowest BCUT2D eigenvalue weighted by Gasteiger charge is -2.14. The summed E-state index contributed by atoms with van der Waals surface area (Å²) in [5.74, 6) is 0.591. The molecule has 6 nitrogen and oxygen atoms in total. The van der Waals surface area contributed by atoms with Gasteiger partial charge in [0.05, 0.1) is 11.6 Å². The van der Waals surface area contributed by atoms with Crippen molar-refractivity contribution in [1.29, 1.82) is 5.26 Å². The van der Waals surface area contributed by atoms with Gasteiger partial charge in [0.15, 0.2) is 11.5 Å². The summed E-state index contributed by atoms with van der Waals surface area (Å²) < 4.78 is 17.4. The maximum absolute atomic E-state index is 12.4. The third-order valence-corrected chi connectivity index (χ3v) is 4.96. The highest BCUT2D eigenvalue weighted by molar-refractivity contribution is 9.10. The molecule has 7 heteroatoms. The minimum Gasteiger partial charge on any atom is -0.493 e. The summed E-state index contributed by atoms with van der Waals surface area (Å²) in [6, 6.07) is 15.2. The number of carbonyl (C=O) groups is 1. The standard InChI is InChI=1S/C22H21BrN2O4/c1-27-19-12-16(10-17(13-24)22(26)25-20-8-5-9-28-20)11-18(23)21(19)29-14-15-6-3-2-4-7-15/h2-4,6-7,10-12,20H,5,8-9,14H2,1H3,(H,25,26)/b17-10+. The highest BCUT2D eigenvalue weighted by Crippen LogP contribution is 2.37. The molecule has 1 amide bonds. The van der Waals surface area contributed by atoms with Crippen LogP contribution < -0.4 is 14.8 Å². The van der Waals surface area contributed by atoms with Crippen molar-refractivity contribution in [3.63, 3.8) is 0 Å². The fourth-order valence-electron chi connectivity index (χ4n) is 2.92. The summed E-state index contributed by atoms with van der Waals surface area (Å²) in [4.78, 5) is 12.4. The normalized spacial score (nSPS) is 16.2. The summed E-state index contributed by atoms with van der Waals surface area (Å²) in [5.41, 5.74) is 1.66. The molecule has 1 heterocycles. The zero-order valence-corrected chi connectivity index (χ0v) is 17.6. The quantitative estimate of drug-likeness (QED) is 0.498. The van der Waals surface area contributed by atoms with Crippen LogP contribution in [0.15, 0.2) is 52.5 Å². The van der Waals surface area contributed by atoms with Crippen LogP contribution in [0.4, 0.5) is 0 Å². The van der Waals surface area contributed by atoms with Crippen molar-refractivity contribution >= 4 is 27.9 Å². The van der Waals surface area contributed by atoms with Crippen LogP contribution in [0.2, 0.25) is 0 Å². The number of carbonyl (C=O) groups excluding carboxylic acids is 1. The zero-order valence-electron chi connectivity index (χ0n) is 16.0. The molecule has 0 saturated carbocycles. The van der Waals surface area contributed by atoms with Crippen LogP contribution >= 0.6 is 15.9 Å². The molecular formula is C22H21BrN2O4. The van der Waals surface area contributed by atoms with Crippen molar-refractivity contribution in [1.82, 2.24) is 5.32 Å². The summed E-state index contributed by atoms with van der Waals surface area (Å²) in [7, 11) is 1.54. The van der Waals surface area contributed by atoms with Crippen LogP contribution in [0.1, 0.15) is 24.0 Å². The number of hydrogen-bond acceptors (Lipinski definition) is 5. The van der Waals surface area contributed by atoms with Gasteiger partial charge >= 0.3 is 0 Å². The molecule has 1 N–H and O–H groups in total. The molecule has 0 radical (unpaired) electrons. The van der Waals surface area contributed by atoms with Crippen molar-refractivity contribution in [2.75, 3.05) is 13.7 Å². The van der Waals surface area contributed by atoms with Gasteiger partial charge in [-0.15, -0.1) is 0 Å². The lowest BCUT2D eigenvalue weighted by molar-refractivity contribution is -0.120. The van der Waals surface area contributed by atoms with Crippen molar-refractivity contribution in [3.05, 3.63) is 63.6 Å². The number of nitrogens with zero attached hydrogens (tertiary/aromatic N) is 1. The molecule has 2 aromatic carbocycles. The Morgan fingerprint density at radius 1 is 1.38 bits per heavy atom. The Morgan fingerprint density at radius 2 is 2.17 bits per heavy atom. The summed E-state index contributed by atoms with van der Waals surface area (Å²) >= 11 is 3.49. The fraction of sp³-hybridized carbons (Fsp3) is 0.273. The van der Waals surface area contributed by atoms with Crippen LogP contribution in [0.5, 0.6) is 11.5 Å². The Kier molecular flexibility index (Phi) is 7.28. The molecule has 2 aromatic rings. The molecule has 29 heavy (non-hydrogen) atoms. The first kappa shape index (κ1) is 20.9. The number of hydrogen-bond donors (Lipinski definition) is 1. The summed E-state index contributed by atoms with van der Waals surface area (Å²) in [5, 5.41) is 12.1. The molecule has 1 atom stereocenters. The predicted octanol–water partition coefficient (Wildman–Crippen LogP) is 4.20. The van der Waals surface area contributed by atoms with Crippen molar-refractivity contribution in [3.8, 4) is 17.6 Å². The minimum absolute atomic E-state index is 0.00703. The third kappa shape index (κ3) is 5.59. The number of methoxy groups -OCH3 is 1. The van der Waals surface area contributed by atoms with E-state index in [1.807, 2.05) is 36.4 Å². The Balaban J connectivity index is 1.78. The monoisotopic (exact) mass is 456 g/mol. The molecular weight excluding hydrogens is 436 g/mol. The van der Waals surface area contributed by atoms with Crippen LogP contribution in [0.3, 0.4) is 0 Å². The van der Waals surface area contributed by atoms with E-state index in [1.54, 1.807) is 19.2 Å². The average molecular weight is 457 g/mol. The highest BCUT2D eigenvalue weighted by Gasteiger charge is 2.20. The number of halogens is 1. The van der Waals surface area contributed by atoms with Crippen molar-refractivity contribution in [2.45, 2.75) is 25.7 Å². The molecule has 0 spiro atoms. The SMILES string of the molecule is COc1cc(/C=C(\C#N)C(=O)NC2CCCO2)cc(Br)c1OCc1ccccc1. The lowest BCUT2D eigenvalue weighted by Crippen LogP contribution is -2.34. The Hall–Kier alpha value is -2.82. The van der Waals surface area contributed by atoms with Gasteiger partial charge in [-0.05, 0) is 58.1 Å². The first-order valence-corrected chi connectivity index (χ1v) is 9.98. The van der Waals surface area contributed by atoms with E-state index in [0.717, 1.165) is 18.4 Å². The van der Waals surface area contributed by atoms with E-state index < -0.39 is 5.91 Å². The number of benzene rings is 2. The van der Waals surface area contributed by atoms with Gasteiger partial charge in [-0.2, -0.15) is 5.26 Å². The molecule has 1 aliphatic rings. The molecule has 1 unspecified atom stereocenters. The number of rotatable bonds is 7. The van der Waals surface area contributed by atoms with E-state index in [2.05, 4.69) is 21.2 Å². The number of amides is 1. The van der Waals surface area contributed by atoms with E-state index in [1.165, 1.54) is 6.08 Å². The van der Waals surface area contributed by atoms with Gasteiger partial charge in [0.2, 0.25) is 0 Å². The maximum atomic E-state index is 12.4. The van der Waals surface area contributed by atoms with Gasteiger partial charge in [0, 0.05) is 6.61 Å². The van der Waals surface area contributed by atoms with Gasteiger partial charge < -0.3 is 19.5 Å². The number of nitriles is 1. The van der Waals surface area contributed by atoms with Gasteiger partial charge in [-0.3, -0.25) is 4.79 Å². The minimum atomic E-state index is -0.459. The van der Waals surface area contributed by atoms with E-state index in [0.29, 0.717) is 34.7 Å². The average Bonchev–Trinajstić information content (AvgIpc) is 3.24. The largest absolute Gasteiger partial charge is 0.493 e. The van der Waals surface area contributed by atoms with Gasteiger partial charge in [-0.1, -0.05) is 30.3 Å². The second kappa shape index (κ2) is 10.1. The van der Waals surface area contributed by atoms with Gasteiger partial charge in [0.1, 0.15) is 24.5 Å². The molecule has 1 aliphatic heterocycles. The van der Waals surface area contributed by atoms with E-state index >= 15 is 0 Å². The molecule has 0 bridgehead atoms.